The average molecular weight is 273 g/mol. The van der Waals surface area contributed by atoms with Crippen molar-refractivity contribution in [1.29, 1.82) is 0 Å². The van der Waals surface area contributed by atoms with Crippen LogP contribution in [0.15, 0.2) is 30.6 Å². The topological polar surface area (TPSA) is 74.9 Å². The smallest absolute Gasteiger partial charge is 0.306 e. The van der Waals surface area contributed by atoms with Crippen LogP contribution >= 0.6 is 0 Å². The number of imidazole rings is 1. The van der Waals surface area contributed by atoms with E-state index in [2.05, 4.69) is 4.98 Å². The van der Waals surface area contributed by atoms with Crippen LogP contribution in [0.4, 0.5) is 0 Å². The first-order chi connectivity index (χ1) is 9.65. The largest absolute Gasteiger partial charge is 0.481 e. The molecule has 104 valence electrons. The molecule has 1 aliphatic rings. The van der Waals surface area contributed by atoms with Gasteiger partial charge >= 0.3 is 5.97 Å². The van der Waals surface area contributed by atoms with E-state index in [0.717, 1.165) is 5.65 Å². The van der Waals surface area contributed by atoms with Gasteiger partial charge in [0.1, 0.15) is 11.3 Å². The Hall–Kier alpha value is -2.37. The van der Waals surface area contributed by atoms with Crippen LogP contribution < -0.4 is 0 Å². The third-order valence-electron chi connectivity index (χ3n) is 3.71. The molecule has 0 aromatic carbocycles. The Labute approximate surface area is 115 Å². The summed E-state index contributed by atoms with van der Waals surface area (Å²) in [6.07, 6.45) is 4.57. The predicted molar refractivity (Wildman–Crippen MR) is 71.5 cm³/mol. The van der Waals surface area contributed by atoms with Gasteiger partial charge in [0.05, 0.1) is 5.92 Å². The van der Waals surface area contributed by atoms with Crippen LogP contribution in [0.3, 0.4) is 0 Å². The Morgan fingerprint density at radius 2 is 2.00 bits per heavy atom. The van der Waals surface area contributed by atoms with Crippen LogP contribution in [0.1, 0.15) is 23.3 Å². The Morgan fingerprint density at radius 3 is 2.65 bits per heavy atom. The van der Waals surface area contributed by atoms with Crippen molar-refractivity contribution < 1.29 is 14.7 Å². The van der Waals surface area contributed by atoms with E-state index in [1.54, 1.807) is 15.5 Å². The molecule has 0 atom stereocenters. The number of carbonyl (C=O) groups is 2. The number of aromatic nitrogens is 2. The summed E-state index contributed by atoms with van der Waals surface area (Å²) < 4.78 is 1.80. The van der Waals surface area contributed by atoms with Gasteiger partial charge in [-0.2, -0.15) is 0 Å². The van der Waals surface area contributed by atoms with Gasteiger partial charge in [-0.05, 0) is 25.0 Å². The van der Waals surface area contributed by atoms with Gasteiger partial charge in [-0.3, -0.25) is 9.59 Å². The van der Waals surface area contributed by atoms with Gasteiger partial charge in [-0.15, -0.1) is 0 Å². The van der Waals surface area contributed by atoms with Gasteiger partial charge in [-0.1, -0.05) is 6.07 Å². The molecule has 1 aliphatic heterocycles. The van der Waals surface area contributed by atoms with Gasteiger partial charge in [0.2, 0.25) is 0 Å². The number of hydrogen-bond donors (Lipinski definition) is 1. The van der Waals surface area contributed by atoms with E-state index in [1.165, 1.54) is 0 Å². The lowest BCUT2D eigenvalue weighted by molar-refractivity contribution is -0.143. The molecule has 1 amide bonds. The summed E-state index contributed by atoms with van der Waals surface area (Å²) in [6.45, 7) is 0.952. The van der Waals surface area contributed by atoms with Crippen molar-refractivity contribution in [3.05, 3.63) is 36.3 Å². The quantitative estimate of drug-likeness (QED) is 0.894. The maximum atomic E-state index is 12.3. The first kappa shape index (κ1) is 12.7. The molecule has 0 spiro atoms. The van der Waals surface area contributed by atoms with Crippen LogP contribution in [0, 0.1) is 5.92 Å². The summed E-state index contributed by atoms with van der Waals surface area (Å²) in [5.41, 5.74) is 1.14. The molecule has 1 fully saturated rings. The Balaban J connectivity index is 1.75. The zero-order chi connectivity index (χ0) is 14.1. The molecule has 0 radical (unpaired) electrons. The van der Waals surface area contributed by atoms with E-state index in [9.17, 15) is 9.59 Å². The number of fused-ring (bicyclic) bond motifs is 1. The first-order valence-corrected chi connectivity index (χ1v) is 6.61. The molecule has 20 heavy (non-hydrogen) atoms. The number of aliphatic carboxylic acids is 1. The summed E-state index contributed by atoms with van der Waals surface area (Å²) in [5.74, 6) is -1.23. The fourth-order valence-corrected chi connectivity index (χ4v) is 2.53. The predicted octanol–water partition coefficient (Wildman–Crippen LogP) is 1.27. The third-order valence-corrected chi connectivity index (χ3v) is 3.71. The van der Waals surface area contributed by atoms with Gasteiger partial charge in [0.25, 0.3) is 5.91 Å². The summed E-state index contributed by atoms with van der Waals surface area (Å²) in [5, 5.41) is 8.96. The molecule has 6 nitrogen and oxygen atoms in total. The van der Waals surface area contributed by atoms with Crippen molar-refractivity contribution in [3.63, 3.8) is 0 Å². The van der Waals surface area contributed by atoms with Gasteiger partial charge in [0.15, 0.2) is 0 Å². The van der Waals surface area contributed by atoms with Crippen molar-refractivity contribution in [2.45, 2.75) is 12.8 Å². The number of piperidine rings is 1. The van der Waals surface area contributed by atoms with Crippen molar-refractivity contribution in [1.82, 2.24) is 14.3 Å². The minimum atomic E-state index is -0.773. The van der Waals surface area contributed by atoms with Crippen molar-refractivity contribution in [3.8, 4) is 0 Å². The monoisotopic (exact) mass is 273 g/mol. The molecular weight excluding hydrogens is 258 g/mol. The maximum Gasteiger partial charge on any atom is 0.306 e. The zero-order valence-corrected chi connectivity index (χ0v) is 10.9. The van der Waals surface area contributed by atoms with E-state index >= 15 is 0 Å². The van der Waals surface area contributed by atoms with Crippen LogP contribution in [0.2, 0.25) is 0 Å². The fraction of sp³-hybridized carbons (Fsp3) is 0.357. The Morgan fingerprint density at radius 1 is 1.25 bits per heavy atom. The standard InChI is InChI=1S/C14H15N3O3/c18-13(16-7-4-10(5-8-16)14(19)20)11-9-17-6-2-1-3-12(17)15-11/h1-3,6,9-10H,4-5,7-8H2,(H,19,20). The second-order valence-corrected chi connectivity index (χ2v) is 5.00. The van der Waals surface area contributed by atoms with E-state index in [1.807, 2.05) is 24.4 Å². The first-order valence-electron chi connectivity index (χ1n) is 6.61. The molecule has 0 unspecified atom stereocenters. The van der Waals surface area contributed by atoms with Gasteiger partial charge < -0.3 is 14.4 Å². The molecule has 1 N–H and O–H groups in total. The normalized spacial score (nSPS) is 16.5. The highest BCUT2D eigenvalue weighted by molar-refractivity contribution is 5.93. The van der Waals surface area contributed by atoms with E-state index in [0.29, 0.717) is 31.6 Å². The van der Waals surface area contributed by atoms with E-state index in [4.69, 9.17) is 5.11 Å². The van der Waals surface area contributed by atoms with Crippen LogP contribution in [0.5, 0.6) is 0 Å². The lowest BCUT2D eigenvalue weighted by Gasteiger charge is -2.29. The summed E-state index contributed by atoms with van der Waals surface area (Å²) in [7, 11) is 0. The second kappa shape index (κ2) is 4.96. The Bertz CT molecular complexity index is 623. The van der Waals surface area contributed by atoms with Crippen molar-refractivity contribution in [2.24, 2.45) is 5.92 Å². The molecular formula is C14H15N3O3. The molecule has 6 heteroatoms. The lowest BCUT2D eigenvalue weighted by atomic mass is 9.97. The summed E-state index contributed by atoms with van der Waals surface area (Å²) in [6, 6.07) is 5.59. The highest BCUT2D eigenvalue weighted by Crippen LogP contribution is 2.19. The van der Waals surface area contributed by atoms with E-state index in [-0.39, 0.29) is 11.8 Å². The minimum Gasteiger partial charge on any atom is -0.481 e. The number of hydrogen-bond acceptors (Lipinski definition) is 3. The minimum absolute atomic E-state index is 0.127. The molecule has 2 aromatic heterocycles. The fourth-order valence-electron chi connectivity index (χ4n) is 2.53. The number of amides is 1. The highest BCUT2D eigenvalue weighted by atomic mass is 16.4. The number of nitrogens with zero attached hydrogens (tertiary/aromatic N) is 3. The number of rotatable bonds is 2. The molecule has 3 heterocycles. The molecule has 0 bridgehead atoms. The summed E-state index contributed by atoms with van der Waals surface area (Å²) in [4.78, 5) is 29.2. The number of likely N-dealkylation sites (tertiary alicyclic amines) is 1. The molecule has 0 saturated carbocycles. The number of pyridine rings is 1. The summed E-state index contributed by atoms with van der Waals surface area (Å²) >= 11 is 0. The van der Waals surface area contributed by atoms with E-state index < -0.39 is 5.97 Å². The molecule has 0 aliphatic carbocycles. The van der Waals surface area contributed by atoms with Gasteiger partial charge in [0, 0.05) is 25.5 Å². The lowest BCUT2D eigenvalue weighted by Crippen LogP contribution is -2.40. The number of carboxylic acid groups (broad SMARTS) is 1. The molecule has 1 saturated heterocycles. The van der Waals surface area contributed by atoms with Crippen molar-refractivity contribution >= 4 is 17.5 Å². The highest BCUT2D eigenvalue weighted by Gasteiger charge is 2.28. The van der Waals surface area contributed by atoms with Crippen molar-refractivity contribution in [2.75, 3.05) is 13.1 Å². The zero-order valence-electron chi connectivity index (χ0n) is 10.9. The van der Waals surface area contributed by atoms with Crippen LogP contribution in [-0.2, 0) is 4.79 Å². The third kappa shape index (κ3) is 2.24. The SMILES string of the molecule is O=C(O)C1CCN(C(=O)c2cn3ccccc3n2)CC1. The second-order valence-electron chi connectivity index (χ2n) is 5.00. The number of carboxylic acids is 1. The van der Waals surface area contributed by atoms with Gasteiger partial charge in [-0.25, -0.2) is 4.98 Å². The average Bonchev–Trinajstić information content (AvgIpc) is 2.90. The Kier molecular flexibility index (Phi) is 3.14. The molecule has 2 aromatic rings. The number of carbonyl (C=O) groups excluding carboxylic acids is 1. The van der Waals surface area contributed by atoms with Crippen LogP contribution in [0.25, 0.3) is 5.65 Å². The van der Waals surface area contributed by atoms with Crippen LogP contribution in [-0.4, -0.2) is 44.4 Å². The molecule has 3 rings (SSSR count). The maximum absolute atomic E-state index is 12.3.